The molecule has 176 valence electrons. The molecule has 0 radical (unpaired) electrons. The highest BCUT2D eigenvalue weighted by Gasteiger charge is 2.24. The Bertz CT molecular complexity index is 1390. The normalized spacial score (nSPS) is 15.4. The molecule has 4 aromatic rings. The maximum Gasteiger partial charge on any atom is 0.250 e. The van der Waals surface area contributed by atoms with Gasteiger partial charge in [-0.15, -0.1) is 0 Å². The summed E-state index contributed by atoms with van der Waals surface area (Å²) in [5, 5.41) is 0.347. The Hall–Kier alpha value is -3.84. The number of amides is 1. The van der Waals surface area contributed by atoms with E-state index in [9.17, 15) is 9.18 Å². The smallest absolute Gasteiger partial charge is 0.250 e. The predicted molar refractivity (Wildman–Crippen MR) is 136 cm³/mol. The third-order valence-electron chi connectivity index (χ3n) is 6.24. The minimum absolute atomic E-state index is 0.258. The molecule has 0 aliphatic carbocycles. The lowest BCUT2D eigenvalue weighted by Gasteiger charge is -2.22. The molecule has 3 heterocycles. The van der Waals surface area contributed by atoms with E-state index < -0.39 is 5.91 Å². The average molecular weight is 488 g/mol. The summed E-state index contributed by atoms with van der Waals surface area (Å²) in [6.07, 6.45) is 3.61. The number of benzene rings is 2. The van der Waals surface area contributed by atoms with E-state index in [4.69, 9.17) is 27.3 Å². The Morgan fingerprint density at radius 2 is 1.60 bits per heavy atom. The third kappa shape index (κ3) is 4.72. The van der Waals surface area contributed by atoms with Crippen LogP contribution >= 0.6 is 11.6 Å². The topological polar surface area (TPSA) is 85.0 Å². The van der Waals surface area contributed by atoms with Crippen LogP contribution in [0.5, 0.6) is 0 Å². The van der Waals surface area contributed by atoms with E-state index in [1.165, 1.54) is 24.4 Å². The SMILES string of the molecule is C[C@H]1CCCN1c1nc(-c2ccc(F)cc2)cc(-c2ccc(-c3ncc(C(N)=O)cc3Cl)cc2)n1. The molecule has 5 rings (SSSR count). The van der Waals surface area contributed by atoms with Crippen molar-refractivity contribution in [1.82, 2.24) is 15.0 Å². The number of primary amides is 1. The zero-order valence-electron chi connectivity index (χ0n) is 19.1. The first kappa shape index (κ1) is 22.9. The summed E-state index contributed by atoms with van der Waals surface area (Å²) < 4.78 is 13.5. The molecule has 35 heavy (non-hydrogen) atoms. The van der Waals surface area contributed by atoms with Crippen LogP contribution in [-0.4, -0.2) is 33.4 Å². The van der Waals surface area contributed by atoms with Crippen molar-refractivity contribution in [3.63, 3.8) is 0 Å². The van der Waals surface area contributed by atoms with Crippen LogP contribution in [0.15, 0.2) is 66.9 Å². The van der Waals surface area contributed by atoms with E-state index in [1.54, 1.807) is 12.1 Å². The number of anilines is 1. The molecule has 6 nitrogen and oxygen atoms in total. The lowest BCUT2D eigenvalue weighted by Crippen LogP contribution is -2.28. The number of hydrogen-bond acceptors (Lipinski definition) is 5. The Kier molecular flexibility index (Phi) is 6.17. The third-order valence-corrected chi connectivity index (χ3v) is 6.53. The minimum atomic E-state index is -0.579. The van der Waals surface area contributed by atoms with Gasteiger partial charge in [0.2, 0.25) is 11.9 Å². The maximum atomic E-state index is 13.5. The second kappa shape index (κ2) is 9.43. The Labute approximate surface area is 207 Å². The number of nitrogens with two attached hydrogens (primary N) is 1. The van der Waals surface area contributed by atoms with Crippen LogP contribution in [0, 0.1) is 5.82 Å². The van der Waals surface area contributed by atoms with Gasteiger partial charge >= 0.3 is 0 Å². The lowest BCUT2D eigenvalue weighted by molar-refractivity contribution is 0.1000. The second-order valence-electron chi connectivity index (χ2n) is 8.63. The van der Waals surface area contributed by atoms with Crippen molar-refractivity contribution in [1.29, 1.82) is 0 Å². The summed E-state index contributed by atoms with van der Waals surface area (Å²) in [7, 11) is 0. The van der Waals surface area contributed by atoms with Gasteiger partial charge in [-0.2, -0.15) is 0 Å². The molecule has 1 saturated heterocycles. The molecule has 1 aliphatic heterocycles. The van der Waals surface area contributed by atoms with Crippen LogP contribution in [0.4, 0.5) is 10.3 Å². The number of rotatable bonds is 5. The standard InChI is InChI=1S/C27H23ClFN5O/c1-16-3-2-12-34(16)27-32-23(14-24(33-27)18-8-10-21(29)11-9-18)17-4-6-19(7-5-17)25-22(28)13-20(15-31-25)26(30)35/h4-11,13-16H,2-3,12H2,1H3,(H2,30,35)/t16-/m0/s1. The van der Waals surface area contributed by atoms with Gasteiger partial charge in [0.05, 0.1) is 27.7 Å². The van der Waals surface area contributed by atoms with Crippen LogP contribution in [0.3, 0.4) is 0 Å². The van der Waals surface area contributed by atoms with Crippen LogP contribution in [0.2, 0.25) is 5.02 Å². The summed E-state index contributed by atoms with van der Waals surface area (Å²) in [6.45, 7) is 3.08. The number of nitrogens with zero attached hydrogens (tertiary/aromatic N) is 4. The zero-order valence-corrected chi connectivity index (χ0v) is 19.8. The van der Waals surface area contributed by atoms with Gasteiger partial charge < -0.3 is 10.6 Å². The monoisotopic (exact) mass is 487 g/mol. The fraction of sp³-hybridized carbons (Fsp3) is 0.185. The fourth-order valence-electron chi connectivity index (χ4n) is 4.29. The number of aromatic nitrogens is 3. The summed E-state index contributed by atoms with van der Waals surface area (Å²) in [5.74, 6) is -0.198. The number of carbonyl (C=O) groups is 1. The van der Waals surface area contributed by atoms with Crippen molar-refractivity contribution < 1.29 is 9.18 Å². The molecule has 0 unspecified atom stereocenters. The van der Waals surface area contributed by atoms with Gasteiger partial charge in [0.25, 0.3) is 0 Å². The van der Waals surface area contributed by atoms with Gasteiger partial charge in [-0.25, -0.2) is 14.4 Å². The molecule has 8 heteroatoms. The van der Waals surface area contributed by atoms with E-state index in [1.807, 2.05) is 30.3 Å². The Morgan fingerprint density at radius 1 is 1.00 bits per heavy atom. The number of pyridine rings is 1. The summed E-state index contributed by atoms with van der Waals surface area (Å²) in [6, 6.07) is 17.8. The van der Waals surface area contributed by atoms with E-state index in [0.717, 1.165) is 47.5 Å². The number of hydrogen-bond donors (Lipinski definition) is 1. The van der Waals surface area contributed by atoms with Gasteiger partial charge in [-0.05, 0) is 56.2 Å². The second-order valence-corrected chi connectivity index (χ2v) is 9.03. The first-order valence-electron chi connectivity index (χ1n) is 11.4. The van der Waals surface area contributed by atoms with E-state index in [2.05, 4.69) is 16.8 Å². The maximum absolute atomic E-state index is 13.5. The van der Waals surface area contributed by atoms with Gasteiger partial charge in [0.15, 0.2) is 0 Å². The summed E-state index contributed by atoms with van der Waals surface area (Å²) in [4.78, 5) is 27.6. The van der Waals surface area contributed by atoms with Gasteiger partial charge in [-0.3, -0.25) is 9.78 Å². The molecule has 0 bridgehead atoms. The van der Waals surface area contributed by atoms with Crippen LogP contribution in [0.1, 0.15) is 30.1 Å². The van der Waals surface area contributed by atoms with Crippen molar-refractivity contribution in [3.8, 4) is 33.8 Å². The van der Waals surface area contributed by atoms with Crippen molar-refractivity contribution in [2.75, 3.05) is 11.4 Å². The van der Waals surface area contributed by atoms with Crippen molar-refractivity contribution >= 4 is 23.5 Å². The molecule has 1 atom stereocenters. The quantitative estimate of drug-likeness (QED) is 0.387. The zero-order chi connectivity index (χ0) is 24.5. The highest BCUT2D eigenvalue weighted by atomic mass is 35.5. The van der Waals surface area contributed by atoms with Gasteiger partial charge in [0, 0.05) is 35.5 Å². The average Bonchev–Trinajstić information content (AvgIpc) is 3.30. The molecule has 2 aromatic carbocycles. The predicted octanol–water partition coefficient (Wildman–Crippen LogP) is 5.75. The molecule has 0 saturated carbocycles. The molecule has 1 aliphatic rings. The number of halogens is 2. The summed E-state index contributed by atoms with van der Waals surface area (Å²) in [5.41, 5.74) is 10.2. The van der Waals surface area contributed by atoms with Crippen molar-refractivity contribution in [2.24, 2.45) is 5.73 Å². The fourth-order valence-corrected chi connectivity index (χ4v) is 4.57. The van der Waals surface area contributed by atoms with Crippen LogP contribution < -0.4 is 10.6 Å². The molecule has 0 spiro atoms. The largest absolute Gasteiger partial charge is 0.366 e. The molecule has 2 N–H and O–H groups in total. The van der Waals surface area contributed by atoms with Crippen molar-refractivity contribution in [2.45, 2.75) is 25.8 Å². The first-order chi connectivity index (χ1) is 16.9. The molecular formula is C27H23ClFN5O. The Morgan fingerprint density at radius 3 is 2.14 bits per heavy atom. The van der Waals surface area contributed by atoms with Crippen LogP contribution in [-0.2, 0) is 0 Å². The highest BCUT2D eigenvalue weighted by molar-refractivity contribution is 6.33. The van der Waals surface area contributed by atoms with Crippen LogP contribution in [0.25, 0.3) is 33.8 Å². The molecular weight excluding hydrogens is 465 g/mol. The van der Waals surface area contributed by atoms with E-state index in [0.29, 0.717) is 22.7 Å². The van der Waals surface area contributed by atoms with Gasteiger partial charge in [-0.1, -0.05) is 35.9 Å². The molecule has 1 amide bonds. The van der Waals surface area contributed by atoms with Gasteiger partial charge in [0.1, 0.15) is 5.82 Å². The minimum Gasteiger partial charge on any atom is -0.366 e. The molecule has 2 aromatic heterocycles. The number of carbonyl (C=O) groups excluding carboxylic acids is 1. The van der Waals surface area contributed by atoms with Crippen molar-refractivity contribution in [3.05, 3.63) is 83.3 Å². The van der Waals surface area contributed by atoms with E-state index in [-0.39, 0.29) is 11.4 Å². The Balaban J connectivity index is 1.54. The summed E-state index contributed by atoms with van der Waals surface area (Å²) >= 11 is 6.35. The lowest BCUT2D eigenvalue weighted by atomic mass is 10.0. The first-order valence-corrected chi connectivity index (χ1v) is 11.7. The molecule has 1 fully saturated rings. The van der Waals surface area contributed by atoms with E-state index >= 15 is 0 Å². The highest BCUT2D eigenvalue weighted by Crippen LogP contribution is 2.32.